The standard InChI is InChI=1S/C22H37N5O2/c1-4-27(5-2)16(3)21(28)26-19(13-17-9-7-6-8-10-17)22(29)25-15-18-11-12-20(23)24-14-18/h11-12,14,16-17,19H,4-10,13,15H2,1-3H3,(H2,23,24)(H,25,29)(H,26,28)/t16?,19-/m0/s1. The number of pyridine rings is 1. The highest BCUT2D eigenvalue weighted by Gasteiger charge is 2.28. The molecule has 7 heteroatoms. The predicted molar refractivity (Wildman–Crippen MR) is 116 cm³/mol. The largest absolute Gasteiger partial charge is 0.384 e. The average Bonchev–Trinajstić information content (AvgIpc) is 2.74. The minimum absolute atomic E-state index is 0.0844. The third kappa shape index (κ3) is 7.31. The van der Waals surface area contributed by atoms with Crippen LogP contribution in [0, 0.1) is 5.92 Å². The number of rotatable bonds is 10. The van der Waals surface area contributed by atoms with Gasteiger partial charge in [-0.2, -0.15) is 0 Å². The minimum Gasteiger partial charge on any atom is -0.384 e. The zero-order valence-electron chi connectivity index (χ0n) is 18.1. The Labute approximate surface area is 174 Å². The summed E-state index contributed by atoms with van der Waals surface area (Å²) in [6, 6.07) is 2.80. The van der Waals surface area contributed by atoms with Crippen molar-refractivity contribution in [2.45, 2.75) is 77.9 Å². The van der Waals surface area contributed by atoms with E-state index in [0.29, 0.717) is 24.7 Å². The molecule has 0 aliphatic heterocycles. The number of nitrogens with zero attached hydrogens (tertiary/aromatic N) is 2. The quantitative estimate of drug-likeness (QED) is 0.557. The summed E-state index contributed by atoms with van der Waals surface area (Å²) in [5, 5.41) is 5.99. The summed E-state index contributed by atoms with van der Waals surface area (Å²) in [5.41, 5.74) is 6.50. The van der Waals surface area contributed by atoms with E-state index in [0.717, 1.165) is 31.5 Å². The SMILES string of the molecule is CCN(CC)C(C)C(=O)N[C@@H](CC1CCCCC1)C(=O)NCc1ccc(N)nc1. The number of amides is 2. The van der Waals surface area contributed by atoms with E-state index in [9.17, 15) is 9.59 Å². The molecule has 2 atom stereocenters. The number of nitrogen functional groups attached to an aromatic ring is 1. The van der Waals surface area contributed by atoms with E-state index in [4.69, 9.17) is 5.73 Å². The van der Waals surface area contributed by atoms with Gasteiger partial charge < -0.3 is 16.4 Å². The van der Waals surface area contributed by atoms with Crippen LogP contribution >= 0.6 is 0 Å². The minimum atomic E-state index is -0.509. The van der Waals surface area contributed by atoms with Gasteiger partial charge in [0.15, 0.2) is 0 Å². The first-order valence-corrected chi connectivity index (χ1v) is 11.0. The monoisotopic (exact) mass is 403 g/mol. The second kappa shape index (κ2) is 11.8. The van der Waals surface area contributed by atoms with Crippen molar-refractivity contribution in [1.82, 2.24) is 20.5 Å². The molecule has 0 radical (unpaired) electrons. The normalized spacial score (nSPS) is 17.0. The number of aromatic nitrogens is 1. The van der Waals surface area contributed by atoms with Crippen LogP contribution in [0.3, 0.4) is 0 Å². The van der Waals surface area contributed by atoms with E-state index in [2.05, 4.69) is 20.5 Å². The molecule has 1 aliphatic carbocycles. The molecule has 1 aromatic rings. The van der Waals surface area contributed by atoms with Crippen molar-refractivity contribution in [3.05, 3.63) is 23.9 Å². The lowest BCUT2D eigenvalue weighted by Gasteiger charge is -2.30. The molecule has 162 valence electrons. The summed E-state index contributed by atoms with van der Waals surface area (Å²) >= 11 is 0. The lowest BCUT2D eigenvalue weighted by Crippen LogP contribution is -2.53. The van der Waals surface area contributed by atoms with E-state index in [1.165, 1.54) is 19.3 Å². The number of hydrogen-bond acceptors (Lipinski definition) is 5. The van der Waals surface area contributed by atoms with Gasteiger partial charge in [-0.05, 0) is 44.0 Å². The van der Waals surface area contributed by atoms with Gasteiger partial charge in [-0.1, -0.05) is 52.0 Å². The topological polar surface area (TPSA) is 100 Å². The molecule has 29 heavy (non-hydrogen) atoms. The number of nitrogens with one attached hydrogen (secondary N) is 2. The van der Waals surface area contributed by atoms with E-state index in [1.54, 1.807) is 12.3 Å². The molecule has 1 aromatic heterocycles. The first-order valence-electron chi connectivity index (χ1n) is 11.0. The fourth-order valence-corrected chi connectivity index (χ4v) is 4.07. The van der Waals surface area contributed by atoms with Crippen molar-refractivity contribution in [1.29, 1.82) is 0 Å². The summed E-state index contributed by atoms with van der Waals surface area (Å²) in [7, 11) is 0. The Morgan fingerprint density at radius 1 is 1.17 bits per heavy atom. The molecular weight excluding hydrogens is 366 g/mol. The van der Waals surface area contributed by atoms with E-state index in [-0.39, 0.29) is 17.9 Å². The van der Waals surface area contributed by atoms with E-state index >= 15 is 0 Å². The van der Waals surface area contributed by atoms with Crippen molar-refractivity contribution in [3.63, 3.8) is 0 Å². The maximum absolute atomic E-state index is 12.9. The van der Waals surface area contributed by atoms with Crippen molar-refractivity contribution in [3.8, 4) is 0 Å². The zero-order valence-corrected chi connectivity index (χ0v) is 18.1. The summed E-state index contributed by atoms with van der Waals surface area (Å²) in [6.07, 6.45) is 8.30. The first-order chi connectivity index (χ1) is 13.9. The number of nitrogens with two attached hydrogens (primary N) is 1. The highest BCUT2D eigenvalue weighted by atomic mass is 16.2. The summed E-state index contributed by atoms with van der Waals surface area (Å²) in [5.74, 6) is 0.723. The van der Waals surface area contributed by atoms with Crippen LogP contribution < -0.4 is 16.4 Å². The van der Waals surface area contributed by atoms with Crippen molar-refractivity contribution in [2.75, 3.05) is 18.8 Å². The molecule has 1 fully saturated rings. The zero-order chi connectivity index (χ0) is 21.2. The number of hydrogen-bond donors (Lipinski definition) is 3. The van der Waals surface area contributed by atoms with Crippen LogP contribution in [-0.4, -0.2) is 46.9 Å². The fourth-order valence-electron chi connectivity index (χ4n) is 4.07. The Morgan fingerprint density at radius 3 is 2.45 bits per heavy atom. The van der Waals surface area contributed by atoms with Crippen molar-refractivity contribution < 1.29 is 9.59 Å². The molecule has 0 aromatic carbocycles. The van der Waals surface area contributed by atoms with Gasteiger partial charge in [0, 0.05) is 12.7 Å². The highest BCUT2D eigenvalue weighted by molar-refractivity contribution is 5.89. The Morgan fingerprint density at radius 2 is 1.86 bits per heavy atom. The van der Waals surface area contributed by atoms with Gasteiger partial charge in [0.05, 0.1) is 6.04 Å². The third-order valence-electron chi connectivity index (χ3n) is 5.98. The van der Waals surface area contributed by atoms with Gasteiger partial charge in [-0.25, -0.2) is 4.98 Å². The second-order valence-electron chi connectivity index (χ2n) is 8.01. The molecule has 1 aliphatic rings. The van der Waals surface area contributed by atoms with E-state index < -0.39 is 6.04 Å². The molecule has 4 N–H and O–H groups in total. The predicted octanol–water partition coefficient (Wildman–Crippen LogP) is 2.47. The summed E-state index contributed by atoms with van der Waals surface area (Å²) in [4.78, 5) is 31.9. The highest BCUT2D eigenvalue weighted by Crippen LogP contribution is 2.27. The maximum atomic E-state index is 12.9. The summed E-state index contributed by atoms with van der Waals surface area (Å²) in [6.45, 7) is 7.95. The Hall–Kier alpha value is -2.15. The first kappa shape index (κ1) is 23.1. The Bertz CT molecular complexity index is 639. The van der Waals surface area contributed by atoms with Gasteiger partial charge in [0.2, 0.25) is 11.8 Å². The molecule has 0 spiro atoms. The van der Waals surface area contributed by atoms with Crippen molar-refractivity contribution in [2.24, 2.45) is 5.92 Å². The van der Waals surface area contributed by atoms with Crippen LogP contribution in [0.5, 0.6) is 0 Å². The number of carbonyl (C=O) groups is 2. The summed E-state index contributed by atoms with van der Waals surface area (Å²) < 4.78 is 0. The molecular formula is C22H37N5O2. The number of likely N-dealkylation sites (N-methyl/N-ethyl adjacent to an activating group) is 1. The van der Waals surface area contributed by atoms with Gasteiger partial charge in [-0.15, -0.1) is 0 Å². The molecule has 7 nitrogen and oxygen atoms in total. The Kier molecular flexibility index (Phi) is 9.38. The van der Waals surface area contributed by atoms with Crippen molar-refractivity contribution >= 4 is 17.6 Å². The van der Waals surface area contributed by atoms with Crippen LogP contribution in [0.4, 0.5) is 5.82 Å². The van der Waals surface area contributed by atoms with Crippen LogP contribution in [0.2, 0.25) is 0 Å². The van der Waals surface area contributed by atoms with Crippen LogP contribution in [-0.2, 0) is 16.1 Å². The van der Waals surface area contributed by atoms with Crippen LogP contribution in [0.15, 0.2) is 18.3 Å². The molecule has 2 amide bonds. The second-order valence-corrected chi connectivity index (χ2v) is 8.01. The third-order valence-corrected chi connectivity index (χ3v) is 5.98. The van der Waals surface area contributed by atoms with Gasteiger partial charge in [-0.3, -0.25) is 14.5 Å². The lowest BCUT2D eigenvalue weighted by atomic mass is 9.84. The average molecular weight is 404 g/mol. The molecule has 2 rings (SSSR count). The number of anilines is 1. The lowest BCUT2D eigenvalue weighted by molar-refractivity contribution is -0.132. The van der Waals surface area contributed by atoms with E-state index in [1.807, 2.05) is 26.8 Å². The maximum Gasteiger partial charge on any atom is 0.242 e. The van der Waals surface area contributed by atoms with Crippen LogP contribution in [0.25, 0.3) is 0 Å². The van der Waals surface area contributed by atoms with Gasteiger partial charge >= 0.3 is 0 Å². The molecule has 0 saturated heterocycles. The molecule has 1 unspecified atom stereocenters. The van der Waals surface area contributed by atoms with Crippen LogP contribution in [0.1, 0.15) is 64.9 Å². The molecule has 1 heterocycles. The fraction of sp³-hybridized carbons (Fsp3) is 0.682. The molecule has 1 saturated carbocycles. The van der Waals surface area contributed by atoms with Gasteiger partial charge in [0.25, 0.3) is 0 Å². The molecule has 0 bridgehead atoms. The van der Waals surface area contributed by atoms with Gasteiger partial charge in [0.1, 0.15) is 11.9 Å². The number of carbonyl (C=O) groups excluding carboxylic acids is 2. The Balaban J connectivity index is 2.01. The smallest absolute Gasteiger partial charge is 0.242 e.